The number of amides is 1. The molecule has 1 fully saturated rings. The molecule has 3 rings (SSSR count). The molecule has 0 saturated heterocycles. The fourth-order valence-electron chi connectivity index (χ4n) is 2.80. The molecule has 0 radical (unpaired) electrons. The van der Waals surface area contributed by atoms with Gasteiger partial charge in [0.25, 0.3) is 5.91 Å². The van der Waals surface area contributed by atoms with Crippen LogP contribution in [0, 0.1) is 0 Å². The number of rotatable bonds is 11. The lowest BCUT2D eigenvalue weighted by atomic mass is 10.1. The minimum atomic E-state index is -0.0527. The molecule has 1 amide bonds. The van der Waals surface area contributed by atoms with Crippen LogP contribution in [0.4, 0.5) is 0 Å². The first kappa shape index (κ1) is 20.8. The van der Waals surface area contributed by atoms with Gasteiger partial charge in [0.15, 0.2) is 12.6 Å². The molecule has 0 aliphatic heterocycles. The van der Waals surface area contributed by atoms with Crippen molar-refractivity contribution in [2.75, 3.05) is 26.2 Å². The van der Waals surface area contributed by atoms with Crippen molar-refractivity contribution in [2.24, 2.45) is 4.99 Å². The van der Waals surface area contributed by atoms with Crippen LogP contribution in [-0.2, 0) is 17.6 Å². The molecule has 1 saturated carbocycles. The van der Waals surface area contributed by atoms with Crippen molar-refractivity contribution in [2.45, 2.75) is 38.6 Å². The Morgan fingerprint density at radius 2 is 2.00 bits per heavy atom. The van der Waals surface area contributed by atoms with E-state index in [-0.39, 0.29) is 12.5 Å². The van der Waals surface area contributed by atoms with E-state index in [0.717, 1.165) is 50.5 Å². The number of guanidine groups is 1. The third-order valence-corrected chi connectivity index (χ3v) is 4.49. The van der Waals surface area contributed by atoms with Gasteiger partial charge in [-0.1, -0.05) is 12.1 Å². The first-order valence-electron chi connectivity index (χ1n) is 10.3. The molecular weight excluding hydrogens is 368 g/mol. The largest absolute Gasteiger partial charge is 0.484 e. The van der Waals surface area contributed by atoms with Gasteiger partial charge in [-0.3, -0.25) is 9.79 Å². The second-order valence-electron chi connectivity index (χ2n) is 7.04. The highest BCUT2D eigenvalue weighted by Gasteiger charge is 2.23. The lowest BCUT2D eigenvalue weighted by Crippen LogP contribution is -2.38. The molecule has 1 aromatic heterocycles. The summed E-state index contributed by atoms with van der Waals surface area (Å²) in [6.45, 7) is 4.37. The number of hydrogen-bond donors (Lipinski definition) is 3. The van der Waals surface area contributed by atoms with E-state index in [1.54, 1.807) is 6.26 Å². The molecular formula is C22H30N4O3. The van der Waals surface area contributed by atoms with Gasteiger partial charge in [-0.05, 0) is 56.0 Å². The summed E-state index contributed by atoms with van der Waals surface area (Å²) in [6, 6.07) is 12.1. The topological polar surface area (TPSA) is 87.9 Å². The summed E-state index contributed by atoms with van der Waals surface area (Å²) in [6.07, 6.45) is 5.49. The van der Waals surface area contributed by atoms with Gasteiger partial charge in [-0.15, -0.1) is 0 Å². The number of carbonyl (C=O) groups excluding carboxylic acids is 1. The van der Waals surface area contributed by atoms with Gasteiger partial charge in [0, 0.05) is 32.1 Å². The smallest absolute Gasteiger partial charge is 0.258 e. The Balaban J connectivity index is 1.36. The maximum absolute atomic E-state index is 11.7. The van der Waals surface area contributed by atoms with Crippen LogP contribution in [0.1, 0.15) is 31.1 Å². The quantitative estimate of drug-likeness (QED) is 0.399. The van der Waals surface area contributed by atoms with Crippen molar-refractivity contribution in [3.8, 4) is 5.75 Å². The van der Waals surface area contributed by atoms with Crippen LogP contribution in [0.25, 0.3) is 0 Å². The van der Waals surface area contributed by atoms with E-state index < -0.39 is 0 Å². The van der Waals surface area contributed by atoms with Gasteiger partial charge in [0.2, 0.25) is 0 Å². The second kappa shape index (κ2) is 11.1. The van der Waals surface area contributed by atoms with Crippen molar-refractivity contribution >= 4 is 11.9 Å². The van der Waals surface area contributed by atoms with E-state index in [1.165, 1.54) is 5.56 Å². The number of ether oxygens (including phenoxy) is 1. The number of nitrogens with one attached hydrogen (secondary N) is 3. The Hall–Kier alpha value is -2.96. The van der Waals surface area contributed by atoms with Crippen LogP contribution in [0.5, 0.6) is 5.75 Å². The highest BCUT2D eigenvalue weighted by molar-refractivity contribution is 5.79. The van der Waals surface area contributed by atoms with Crippen molar-refractivity contribution in [1.29, 1.82) is 0 Å². The molecule has 0 bridgehead atoms. The predicted molar refractivity (Wildman–Crippen MR) is 113 cm³/mol. The lowest BCUT2D eigenvalue weighted by molar-refractivity contribution is -0.123. The number of benzene rings is 1. The van der Waals surface area contributed by atoms with Crippen molar-refractivity contribution < 1.29 is 13.9 Å². The predicted octanol–water partition coefficient (Wildman–Crippen LogP) is 2.28. The van der Waals surface area contributed by atoms with Gasteiger partial charge in [-0.2, -0.15) is 0 Å². The fourth-order valence-corrected chi connectivity index (χ4v) is 2.80. The number of hydrogen-bond acceptors (Lipinski definition) is 4. The zero-order valence-electron chi connectivity index (χ0n) is 16.9. The Morgan fingerprint density at radius 3 is 2.69 bits per heavy atom. The highest BCUT2D eigenvalue weighted by atomic mass is 16.5. The van der Waals surface area contributed by atoms with Crippen molar-refractivity contribution in [1.82, 2.24) is 16.0 Å². The molecule has 0 unspecified atom stereocenters. The average Bonchev–Trinajstić information content (AvgIpc) is 3.38. The third-order valence-electron chi connectivity index (χ3n) is 4.49. The molecule has 3 N–H and O–H groups in total. The van der Waals surface area contributed by atoms with Crippen LogP contribution in [0.2, 0.25) is 0 Å². The number of carbonyl (C=O) groups is 1. The first-order valence-corrected chi connectivity index (χ1v) is 10.3. The molecule has 7 nitrogen and oxygen atoms in total. The van der Waals surface area contributed by atoms with Crippen LogP contribution >= 0.6 is 0 Å². The summed E-state index contributed by atoms with van der Waals surface area (Å²) in [5.74, 6) is 2.40. The Labute approximate surface area is 171 Å². The van der Waals surface area contributed by atoms with Crippen LogP contribution in [-0.4, -0.2) is 44.1 Å². The fraction of sp³-hybridized carbons (Fsp3) is 0.455. The van der Waals surface area contributed by atoms with Crippen LogP contribution in [0.3, 0.4) is 0 Å². The highest BCUT2D eigenvalue weighted by Crippen LogP contribution is 2.18. The molecule has 0 spiro atoms. The number of aliphatic imine (C=N–C) groups is 1. The number of nitrogens with zero attached hydrogens (tertiary/aromatic N) is 1. The van der Waals surface area contributed by atoms with Gasteiger partial charge >= 0.3 is 0 Å². The zero-order chi connectivity index (χ0) is 20.3. The standard InChI is InChI=1S/C22H30N4O3/c1-2-23-22(25-14-12-19-4-3-15-28-19)24-13-11-17-5-9-20(10-6-17)29-16-21(27)26-18-7-8-18/h3-6,9-10,15,18H,2,7-8,11-14,16H2,1H3,(H,26,27)(H2,23,24,25). The van der Waals surface area contributed by atoms with E-state index in [0.29, 0.717) is 18.3 Å². The van der Waals surface area contributed by atoms with Gasteiger partial charge in [0.05, 0.1) is 6.26 Å². The minimum absolute atomic E-state index is 0.0527. The SMILES string of the molecule is CCNC(=NCCc1ccco1)NCCc1ccc(OCC(=O)NC2CC2)cc1. The molecule has 29 heavy (non-hydrogen) atoms. The Morgan fingerprint density at radius 1 is 1.17 bits per heavy atom. The molecule has 0 atom stereocenters. The molecule has 7 heteroatoms. The van der Waals surface area contributed by atoms with Gasteiger partial charge in [0.1, 0.15) is 11.5 Å². The molecule has 2 aromatic rings. The number of furan rings is 1. The Bertz CT molecular complexity index is 768. The molecule has 1 aromatic carbocycles. The van der Waals surface area contributed by atoms with E-state index in [4.69, 9.17) is 9.15 Å². The molecule has 156 valence electrons. The van der Waals surface area contributed by atoms with Crippen LogP contribution in [0.15, 0.2) is 52.1 Å². The summed E-state index contributed by atoms with van der Waals surface area (Å²) in [5, 5.41) is 9.52. The summed E-state index contributed by atoms with van der Waals surface area (Å²) < 4.78 is 10.9. The zero-order valence-corrected chi connectivity index (χ0v) is 16.9. The van der Waals surface area contributed by atoms with Crippen molar-refractivity contribution in [3.63, 3.8) is 0 Å². The van der Waals surface area contributed by atoms with E-state index in [2.05, 4.69) is 20.9 Å². The maximum Gasteiger partial charge on any atom is 0.258 e. The van der Waals surface area contributed by atoms with Crippen molar-refractivity contribution in [3.05, 3.63) is 54.0 Å². The monoisotopic (exact) mass is 398 g/mol. The van der Waals surface area contributed by atoms with E-state index >= 15 is 0 Å². The summed E-state index contributed by atoms with van der Waals surface area (Å²) >= 11 is 0. The summed E-state index contributed by atoms with van der Waals surface area (Å²) in [5.41, 5.74) is 1.19. The summed E-state index contributed by atoms with van der Waals surface area (Å²) in [7, 11) is 0. The summed E-state index contributed by atoms with van der Waals surface area (Å²) in [4.78, 5) is 16.2. The Kier molecular flexibility index (Phi) is 7.98. The third kappa shape index (κ3) is 7.89. The van der Waals surface area contributed by atoms with Crippen LogP contribution < -0.4 is 20.7 Å². The lowest BCUT2D eigenvalue weighted by Gasteiger charge is -2.11. The van der Waals surface area contributed by atoms with E-state index in [9.17, 15) is 4.79 Å². The van der Waals surface area contributed by atoms with Gasteiger partial charge < -0.3 is 25.1 Å². The normalized spacial score (nSPS) is 13.8. The molecule has 1 aliphatic rings. The van der Waals surface area contributed by atoms with E-state index in [1.807, 2.05) is 43.3 Å². The molecule has 1 heterocycles. The first-order chi connectivity index (χ1) is 14.2. The average molecular weight is 399 g/mol. The minimum Gasteiger partial charge on any atom is -0.484 e. The maximum atomic E-state index is 11.7. The molecule has 1 aliphatic carbocycles. The second-order valence-corrected chi connectivity index (χ2v) is 7.04. The van der Waals surface area contributed by atoms with Gasteiger partial charge in [-0.25, -0.2) is 0 Å².